The zero-order valence-electron chi connectivity index (χ0n) is 10.0. The summed E-state index contributed by atoms with van der Waals surface area (Å²) in [5.74, 6) is -0.625. The molecule has 0 aliphatic carbocycles. The Balaban J connectivity index is 2.75. The molecule has 1 aromatic rings. The lowest BCUT2D eigenvalue weighted by molar-refractivity contribution is -0.125. The van der Waals surface area contributed by atoms with Crippen LogP contribution in [-0.2, 0) is 9.53 Å². The molecule has 8 heteroatoms. The molecule has 0 heterocycles. The van der Waals surface area contributed by atoms with Crippen LogP contribution < -0.4 is 15.8 Å². The van der Waals surface area contributed by atoms with Gasteiger partial charge in [-0.15, -0.1) is 0 Å². The predicted molar refractivity (Wildman–Crippen MR) is 66.6 cm³/mol. The number of hydrogen-bond acceptors (Lipinski definition) is 4. The zero-order chi connectivity index (χ0) is 14.4. The quantitative estimate of drug-likeness (QED) is 0.840. The average Bonchev–Trinajstić information content (AvgIpc) is 2.33. The second-order valence-electron chi connectivity index (χ2n) is 3.47. The van der Waals surface area contributed by atoms with E-state index in [1.165, 1.54) is 25.3 Å². The molecular weight excluding hydrogens is 282 g/mol. The van der Waals surface area contributed by atoms with Crippen LogP contribution >= 0.6 is 11.6 Å². The highest BCUT2D eigenvalue weighted by Gasteiger charge is 2.16. The van der Waals surface area contributed by atoms with Crippen molar-refractivity contribution in [1.82, 2.24) is 0 Å². The highest BCUT2D eigenvalue weighted by atomic mass is 35.5. The van der Waals surface area contributed by atoms with E-state index in [1.807, 2.05) is 0 Å². The summed E-state index contributed by atoms with van der Waals surface area (Å²) >= 11 is 5.74. The van der Waals surface area contributed by atoms with Crippen LogP contribution in [0.4, 0.5) is 14.5 Å². The van der Waals surface area contributed by atoms with Crippen molar-refractivity contribution >= 4 is 23.2 Å². The SMILES string of the molecule is COC(CN)C(=O)Nc1ccc(OC(F)F)c(Cl)c1. The maximum atomic E-state index is 12.0. The van der Waals surface area contributed by atoms with Crippen molar-refractivity contribution in [3.63, 3.8) is 0 Å². The van der Waals surface area contributed by atoms with Crippen molar-refractivity contribution in [1.29, 1.82) is 0 Å². The standard InChI is InChI=1S/C11H13ClF2N2O3/c1-18-9(5-15)10(17)16-6-2-3-8(7(12)4-6)19-11(13)14/h2-4,9,11H,5,15H2,1H3,(H,16,17). The zero-order valence-corrected chi connectivity index (χ0v) is 10.8. The Kier molecular flexibility index (Phi) is 5.94. The molecule has 1 unspecified atom stereocenters. The van der Waals surface area contributed by atoms with Crippen LogP contribution in [0.5, 0.6) is 5.75 Å². The van der Waals surface area contributed by atoms with Gasteiger partial charge in [-0.05, 0) is 18.2 Å². The Hall–Kier alpha value is -1.44. The molecule has 0 aromatic heterocycles. The van der Waals surface area contributed by atoms with Gasteiger partial charge in [-0.2, -0.15) is 8.78 Å². The van der Waals surface area contributed by atoms with Crippen molar-refractivity contribution in [3.05, 3.63) is 23.2 Å². The number of carbonyl (C=O) groups is 1. The number of hydrogen-bond donors (Lipinski definition) is 2. The Morgan fingerprint density at radius 3 is 2.68 bits per heavy atom. The summed E-state index contributed by atoms with van der Waals surface area (Å²) in [6.45, 7) is -2.95. The third-order valence-corrected chi connectivity index (χ3v) is 2.50. The van der Waals surface area contributed by atoms with Crippen LogP contribution in [0.25, 0.3) is 0 Å². The molecule has 0 saturated heterocycles. The third kappa shape index (κ3) is 4.62. The lowest BCUT2D eigenvalue weighted by atomic mass is 10.2. The summed E-state index contributed by atoms with van der Waals surface area (Å²) in [5.41, 5.74) is 5.66. The molecule has 1 rings (SSSR count). The predicted octanol–water partition coefficient (Wildman–Crippen LogP) is 1.85. The van der Waals surface area contributed by atoms with E-state index < -0.39 is 18.6 Å². The summed E-state index contributed by atoms with van der Waals surface area (Å²) in [5, 5.41) is 2.45. The van der Waals surface area contributed by atoms with E-state index in [2.05, 4.69) is 10.1 Å². The van der Waals surface area contributed by atoms with E-state index in [1.54, 1.807) is 0 Å². The number of benzene rings is 1. The number of anilines is 1. The summed E-state index contributed by atoms with van der Waals surface area (Å²) in [6, 6.07) is 3.90. The van der Waals surface area contributed by atoms with Crippen LogP contribution in [0.15, 0.2) is 18.2 Å². The highest BCUT2D eigenvalue weighted by molar-refractivity contribution is 6.32. The fourth-order valence-corrected chi connectivity index (χ4v) is 1.53. The minimum Gasteiger partial charge on any atom is -0.433 e. The largest absolute Gasteiger partial charge is 0.433 e. The van der Waals surface area contributed by atoms with E-state index >= 15 is 0 Å². The van der Waals surface area contributed by atoms with Crippen LogP contribution in [-0.4, -0.2) is 32.3 Å². The monoisotopic (exact) mass is 294 g/mol. The summed E-state index contributed by atoms with van der Waals surface area (Å²) in [6.07, 6.45) is -0.796. The fourth-order valence-electron chi connectivity index (χ4n) is 1.30. The van der Waals surface area contributed by atoms with Gasteiger partial charge in [0, 0.05) is 19.3 Å². The van der Waals surface area contributed by atoms with Crippen LogP contribution in [0.3, 0.4) is 0 Å². The number of rotatable bonds is 6. The Morgan fingerprint density at radius 2 is 2.21 bits per heavy atom. The maximum Gasteiger partial charge on any atom is 0.387 e. The normalized spacial score (nSPS) is 12.3. The number of carbonyl (C=O) groups excluding carboxylic acids is 1. The van der Waals surface area contributed by atoms with Gasteiger partial charge < -0.3 is 20.5 Å². The van der Waals surface area contributed by atoms with Crippen molar-refractivity contribution in [2.45, 2.75) is 12.7 Å². The van der Waals surface area contributed by atoms with E-state index in [0.717, 1.165) is 0 Å². The Bertz CT molecular complexity index is 442. The molecule has 0 aliphatic heterocycles. The fraction of sp³-hybridized carbons (Fsp3) is 0.364. The van der Waals surface area contributed by atoms with E-state index in [0.29, 0.717) is 5.69 Å². The van der Waals surface area contributed by atoms with Gasteiger partial charge in [0.15, 0.2) is 0 Å². The summed E-state index contributed by atoms with van der Waals surface area (Å²) < 4.78 is 33.1. The lowest BCUT2D eigenvalue weighted by Gasteiger charge is -2.14. The first-order valence-corrected chi connectivity index (χ1v) is 5.63. The maximum absolute atomic E-state index is 12.0. The van der Waals surface area contributed by atoms with Crippen molar-refractivity contribution in [2.75, 3.05) is 19.0 Å². The number of methoxy groups -OCH3 is 1. The molecule has 1 amide bonds. The molecule has 19 heavy (non-hydrogen) atoms. The molecule has 106 valence electrons. The third-order valence-electron chi connectivity index (χ3n) is 2.21. The van der Waals surface area contributed by atoms with Crippen molar-refractivity contribution < 1.29 is 23.0 Å². The molecular formula is C11H13ClF2N2O3. The van der Waals surface area contributed by atoms with Crippen LogP contribution in [0.2, 0.25) is 5.02 Å². The first-order chi connectivity index (χ1) is 8.97. The molecule has 0 saturated carbocycles. The van der Waals surface area contributed by atoms with Crippen LogP contribution in [0, 0.1) is 0 Å². The van der Waals surface area contributed by atoms with E-state index in [9.17, 15) is 13.6 Å². The van der Waals surface area contributed by atoms with Gasteiger partial charge in [-0.25, -0.2) is 0 Å². The molecule has 0 spiro atoms. The van der Waals surface area contributed by atoms with Crippen molar-refractivity contribution in [3.8, 4) is 5.75 Å². The molecule has 5 nitrogen and oxygen atoms in total. The number of alkyl halides is 2. The van der Waals surface area contributed by atoms with Gasteiger partial charge in [0.25, 0.3) is 5.91 Å². The number of ether oxygens (including phenoxy) is 2. The van der Waals surface area contributed by atoms with Gasteiger partial charge in [-0.1, -0.05) is 11.6 Å². The Labute approximate surface area is 113 Å². The number of nitrogens with one attached hydrogen (secondary N) is 1. The minimum atomic E-state index is -2.96. The lowest BCUT2D eigenvalue weighted by Crippen LogP contribution is -2.35. The van der Waals surface area contributed by atoms with Gasteiger partial charge >= 0.3 is 6.61 Å². The van der Waals surface area contributed by atoms with Gasteiger partial charge in [0.05, 0.1) is 5.02 Å². The number of amides is 1. The first kappa shape index (κ1) is 15.6. The number of nitrogens with two attached hydrogens (primary N) is 1. The highest BCUT2D eigenvalue weighted by Crippen LogP contribution is 2.28. The Morgan fingerprint density at radius 1 is 1.53 bits per heavy atom. The summed E-state index contributed by atoms with van der Waals surface area (Å²) in [4.78, 5) is 11.6. The first-order valence-electron chi connectivity index (χ1n) is 5.26. The molecule has 0 bridgehead atoms. The van der Waals surface area contributed by atoms with E-state index in [-0.39, 0.29) is 17.3 Å². The second kappa shape index (κ2) is 7.22. The van der Waals surface area contributed by atoms with Crippen molar-refractivity contribution in [2.24, 2.45) is 5.73 Å². The van der Waals surface area contributed by atoms with Crippen LogP contribution in [0.1, 0.15) is 0 Å². The van der Waals surface area contributed by atoms with Gasteiger partial charge in [0.2, 0.25) is 0 Å². The smallest absolute Gasteiger partial charge is 0.387 e. The van der Waals surface area contributed by atoms with Gasteiger partial charge in [0.1, 0.15) is 11.9 Å². The second-order valence-corrected chi connectivity index (χ2v) is 3.88. The molecule has 0 aliphatic rings. The minimum absolute atomic E-state index is 0.0165. The molecule has 1 aromatic carbocycles. The van der Waals surface area contributed by atoms with E-state index in [4.69, 9.17) is 22.1 Å². The average molecular weight is 295 g/mol. The number of halogens is 3. The molecule has 1 atom stereocenters. The molecule has 0 fully saturated rings. The van der Waals surface area contributed by atoms with Gasteiger partial charge in [-0.3, -0.25) is 4.79 Å². The molecule has 3 N–H and O–H groups in total. The topological polar surface area (TPSA) is 73.6 Å². The summed E-state index contributed by atoms with van der Waals surface area (Å²) in [7, 11) is 1.35. The molecule has 0 radical (unpaired) electrons.